The molecular weight excluding hydrogens is 224 g/mol. The summed E-state index contributed by atoms with van der Waals surface area (Å²) in [5, 5.41) is 1.90. The minimum absolute atomic E-state index is 0.0671. The molecule has 0 bridgehead atoms. The maximum absolute atomic E-state index is 12.0. The Bertz CT molecular complexity index is 518. The molecule has 0 amide bonds. The quantitative estimate of drug-likeness (QED) is 0.747. The fourth-order valence-electron chi connectivity index (χ4n) is 1.57. The molecule has 86 valence electrons. The van der Waals surface area contributed by atoms with Crippen LogP contribution >= 0.6 is 11.3 Å². The predicted molar refractivity (Wildman–Crippen MR) is 65.0 cm³/mol. The molecule has 2 heterocycles. The molecule has 5 heteroatoms. The van der Waals surface area contributed by atoms with Crippen molar-refractivity contribution in [2.75, 3.05) is 13.7 Å². The monoisotopic (exact) mass is 238 g/mol. The normalized spacial score (nSPS) is 11.1. The van der Waals surface area contributed by atoms with Gasteiger partial charge in [0.05, 0.1) is 11.8 Å². The van der Waals surface area contributed by atoms with E-state index in [1.807, 2.05) is 11.4 Å². The van der Waals surface area contributed by atoms with Crippen LogP contribution in [0.2, 0.25) is 0 Å². The third-order valence-electron chi connectivity index (χ3n) is 2.43. The van der Waals surface area contributed by atoms with Gasteiger partial charge in [-0.2, -0.15) is 0 Å². The highest BCUT2D eigenvalue weighted by atomic mass is 32.1. The number of nitrogens with zero attached hydrogens (tertiary/aromatic N) is 2. The molecule has 16 heavy (non-hydrogen) atoms. The summed E-state index contributed by atoms with van der Waals surface area (Å²) < 4.78 is 7.39. The Balaban J connectivity index is 2.12. The summed E-state index contributed by atoms with van der Waals surface area (Å²) in [4.78, 5) is 16.2. The van der Waals surface area contributed by atoms with Crippen molar-refractivity contribution in [3.05, 3.63) is 28.1 Å². The Morgan fingerprint density at radius 2 is 2.38 bits per heavy atom. The number of ether oxygens (including phenoxy) is 1. The standard InChI is InChI=1S/C11H14N2O2S/c1-15-6-3-2-5-13-8-12-9-4-7-16-10(9)11(13)14/h4,7-8H,2-3,5-6H2,1H3. The molecular formula is C11H14N2O2S. The highest BCUT2D eigenvalue weighted by molar-refractivity contribution is 7.17. The molecule has 0 unspecified atom stereocenters. The Labute approximate surface area is 97.5 Å². The Morgan fingerprint density at radius 3 is 3.19 bits per heavy atom. The number of methoxy groups -OCH3 is 1. The summed E-state index contributed by atoms with van der Waals surface area (Å²) >= 11 is 1.45. The molecule has 2 aromatic rings. The van der Waals surface area contributed by atoms with Crippen LogP contribution in [0.3, 0.4) is 0 Å². The van der Waals surface area contributed by atoms with Crippen molar-refractivity contribution in [3.8, 4) is 0 Å². The van der Waals surface area contributed by atoms with E-state index in [1.165, 1.54) is 11.3 Å². The smallest absolute Gasteiger partial charge is 0.271 e. The third kappa shape index (κ3) is 2.31. The molecule has 0 spiro atoms. The predicted octanol–water partition coefficient (Wildman–Crippen LogP) is 1.88. The lowest BCUT2D eigenvalue weighted by Gasteiger charge is -2.04. The van der Waals surface area contributed by atoms with E-state index in [1.54, 1.807) is 18.0 Å². The van der Waals surface area contributed by atoms with Gasteiger partial charge in [-0.3, -0.25) is 9.36 Å². The lowest BCUT2D eigenvalue weighted by Crippen LogP contribution is -2.19. The summed E-state index contributed by atoms with van der Waals surface area (Å²) in [6.45, 7) is 1.45. The first-order valence-electron chi connectivity index (χ1n) is 5.24. The van der Waals surface area contributed by atoms with E-state index in [-0.39, 0.29) is 5.56 Å². The van der Waals surface area contributed by atoms with Gasteiger partial charge in [0.1, 0.15) is 4.70 Å². The number of hydrogen-bond donors (Lipinski definition) is 0. The van der Waals surface area contributed by atoms with Crippen LogP contribution < -0.4 is 5.56 Å². The minimum atomic E-state index is 0.0671. The van der Waals surface area contributed by atoms with Crippen molar-refractivity contribution >= 4 is 21.6 Å². The molecule has 0 N–H and O–H groups in total. The summed E-state index contributed by atoms with van der Waals surface area (Å²) in [6.07, 6.45) is 3.53. The van der Waals surface area contributed by atoms with Gasteiger partial charge >= 0.3 is 0 Å². The third-order valence-corrected chi connectivity index (χ3v) is 3.32. The van der Waals surface area contributed by atoms with Gasteiger partial charge < -0.3 is 4.74 Å². The second-order valence-corrected chi connectivity index (χ2v) is 4.49. The Morgan fingerprint density at radius 1 is 1.50 bits per heavy atom. The fourth-order valence-corrected chi connectivity index (χ4v) is 2.36. The fraction of sp³-hybridized carbons (Fsp3) is 0.455. The highest BCUT2D eigenvalue weighted by Crippen LogP contribution is 2.13. The zero-order valence-electron chi connectivity index (χ0n) is 9.18. The largest absolute Gasteiger partial charge is 0.385 e. The van der Waals surface area contributed by atoms with Gasteiger partial charge in [0, 0.05) is 20.3 Å². The molecule has 2 aromatic heterocycles. The van der Waals surface area contributed by atoms with Gasteiger partial charge in [-0.15, -0.1) is 11.3 Å². The molecule has 0 atom stereocenters. The number of aryl methyl sites for hydroxylation is 1. The van der Waals surface area contributed by atoms with Crippen LogP contribution in [0.4, 0.5) is 0 Å². The van der Waals surface area contributed by atoms with Gasteiger partial charge in [0.25, 0.3) is 5.56 Å². The van der Waals surface area contributed by atoms with Gasteiger partial charge in [0.2, 0.25) is 0 Å². The molecule has 4 nitrogen and oxygen atoms in total. The lowest BCUT2D eigenvalue weighted by molar-refractivity contribution is 0.191. The van der Waals surface area contributed by atoms with Gasteiger partial charge in [0.15, 0.2) is 0 Å². The highest BCUT2D eigenvalue weighted by Gasteiger charge is 2.04. The molecule has 0 saturated heterocycles. The first-order chi connectivity index (χ1) is 7.83. The van der Waals surface area contributed by atoms with E-state index < -0.39 is 0 Å². The summed E-state index contributed by atoms with van der Waals surface area (Å²) in [5.74, 6) is 0. The number of hydrogen-bond acceptors (Lipinski definition) is 4. The van der Waals surface area contributed by atoms with Crippen LogP contribution in [-0.2, 0) is 11.3 Å². The SMILES string of the molecule is COCCCCn1cnc2ccsc2c1=O. The molecule has 0 saturated carbocycles. The lowest BCUT2D eigenvalue weighted by atomic mass is 10.3. The average molecular weight is 238 g/mol. The van der Waals surface area contributed by atoms with Gasteiger partial charge in [-0.1, -0.05) is 0 Å². The first-order valence-corrected chi connectivity index (χ1v) is 6.12. The van der Waals surface area contributed by atoms with E-state index in [4.69, 9.17) is 4.74 Å². The molecule has 0 aliphatic rings. The van der Waals surface area contributed by atoms with Gasteiger partial charge in [-0.05, 0) is 24.3 Å². The molecule has 2 rings (SSSR count). The van der Waals surface area contributed by atoms with Crippen molar-refractivity contribution in [2.45, 2.75) is 19.4 Å². The van der Waals surface area contributed by atoms with Crippen LogP contribution in [0.25, 0.3) is 10.2 Å². The van der Waals surface area contributed by atoms with Crippen LogP contribution in [0.15, 0.2) is 22.6 Å². The maximum atomic E-state index is 12.0. The summed E-state index contributed by atoms with van der Waals surface area (Å²) in [7, 11) is 1.69. The van der Waals surface area contributed by atoms with E-state index in [2.05, 4.69) is 4.98 Å². The number of unbranched alkanes of at least 4 members (excludes halogenated alkanes) is 1. The van der Waals surface area contributed by atoms with Crippen LogP contribution in [0.1, 0.15) is 12.8 Å². The molecule has 0 radical (unpaired) electrons. The number of fused-ring (bicyclic) bond motifs is 1. The Kier molecular flexibility index (Phi) is 3.69. The molecule has 0 aromatic carbocycles. The summed E-state index contributed by atoms with van der Waals surface area (Å²) in [5.41, 5.74) is 0.862. The van der Waals surface area contributed by atoms with E-state index in [9.17, 15) is 4.79 Å². The number of rotatable bonds is 5. The van der Waals surface area contributed by atoms with Crippen LogP contribution in [0.5, 0.6) is 0 Å². The first kappa shape index (κ1) is 11.3. The Hall–Kier alpha value is -1.20. The van der Waals surface area contributed by atoms with Crippen molar-refractivity contribution in [1.29, 1.82) is 0 Å². The van der Waals surface area contributed by atoms with E-state index >= 15 is 0 Å². The zero-order valence-corrected chi connectivity index (χ0v) is 10.00. The second kappa shape index (κ2) is 5.23. The molecule has 0 aliphatic heterocycles. The molecule has 0 fully saturated rings. The molecule has 0 aliphatic carbocycles. The zero-order chi connectivity index (χ0) is 11.4. The maximum Gasteiger partial charge on any atom is 0.271 e. The van der Waals surface area contributed by atoms with Gasteiger partial charge in [-0.25, -0.2) is 4.98 Å². The topological polar surface area (TPSA) is 44.1 Å². The van der Waals surface area contributed by atoms with E-state index in [0.717, 1.165) is 29.7 Å². The van der Waals surface area contributed by atoms with Crippen LogP contribution in [-0.4, -0.2) is 23.3 Å². The number of aromatic nitrogens is 2. The van der Waals surface area contributed by atoms with Crippen LogP contribution in [0, 0.1) is 0 Å². The second-order valence-electron chi connectivity index (χ2n) is 3.58. The minimum Gasteiger partial charge on any atom is -0.385 e. The van der Waals surface area contributed by atoms with Crippen molar-refractivity contribution < 1.29 is 4.74 Å². The van der Waals surface area contributed by atoms with Crippen molar-refractivity contribution in [3.63, 3.8) is 0 Å². The summed E-state index contributed by atoms with van der Waals surface area (Å²) in [6, 6.07) is 1.87. The van der Waals surface area contributed by atoms with Crippen molar-refractivity contribution in [2.24, 2.45) is 0 Å². The van der Waals surface area contributed by atoms with Crippen molar-refractivity contribution in [1.82, 2.24) is 9.55 Å². The van der Waals surface area contributed by atoms with E-state index in [0.29, 0.717) is 6.54 Å². The number of thiophene rings is 1. The average Bonchev–Trinajstić information content (AvgIpc) is 2.76.